The minimum Gasteiger partial charge on any atom is -0.390 e. The lowest BCUT2D eigenvalue weighted by Crippen LogP contribution is -2.42. The van der Waals surface area contributed by atoms with Crippen molar-refractivity contribution in [2.24, 2.45) is 0 Å². The van der Waals surface area contributed by atoms with E-state index in [0.717, 1.165) is 31.5 Å². The molecule has 0 saturated carbocycles. The van der Waals surface area contributed by atoms with E-state index in [1.807, 2.05) is 19.1 Å². The van der Waals surface area contributed by atoms with Gasteiger partial charge in [0.25, 0.3) is 0 Å². The Morgan fingerprint density at radius 3 is 2.62 bits per heavy atom. The quantitative estimate of drug-likeness (QED) is 0.944. The van der Waals surface area contributed by atoms with Crippen molar-refractivity contribution in [2.45, 2.75) is 31.9 Å². The van der Waals surface area contributed by atoms with Gasteiger partial charge in [-0.25, -0.2) is 0 Å². The van der Waals surface area contributed by atoms with Crippen LogP contribution in [0.1, 0.15) is 25.7 Å². The highest BCUT2D eigenvalue weighted by molar-refractivity contribution is 6.30. The molecule has 0 spiro atoms. The fourth-order valence-electron chi connectivity index (χ4n) is 2.42. The number of piperidine rings is 1. The Kier molecular flexibility index (Phi) is 3.97. The number of likely N-dealkylation sites (tertiary alicyclic amines) is 1. The summed E-state index contributed by atoms with van der Waals surface area (Å²) in [5.41, 5.74) is 0.343. The van der Waals surface area contributed by atoms with E-state index in [-0.39, 0.29) is 0 Å². The van der Waals surface area contributed by atoms with Crippen LogP contribution in [-0.4, -0.2) is 38.8 Å². The van der Waals surface area contributed by atoms with Gasteiger partial charge in [0.2, 0.25) is 11.7 Å². The van der Waals surface area contributed by atoms with Crippen molar-refractivity contribution in [3.63, 3.8) is 0 Å². The number of hydrogen-bond acceptors (Lipinski definition) is 5. The van der Waals surface area contributed by atoms with Crippen LogP contribution in [0.15, 0.2) is 28.8 Å². The summed E-state index contributed by atoms with van der Waals surface area (Å²) in [6, 6.07) is 7.35. The van der Waals surface area contributed by atoms with Crippen LogP contribution in [0.4, 0.5) is 0 Å². The summed E-state index contributed by atoms with van der Waals surface area (Å²) < 4.78 is 5.31. The lowest BCUT2D eigenvalue weighted by atomic mass is 9.94. The van der Waals surface area contributed by atoms with Gasteiger partial charge in [0.15, 0.2) is 0 Å². The molecule has 0 atom stereocenters. The van der Waals surface area contributed by atoms with E-state index in [9.17, 15) is 5.11 Å². The zero-order valence-corrected chi connectivity index (χ0v) is 12.7. The number of nitrogens with zero attached hydrogens (tertiary/aromatic N) is 3. The first-order chi connectivity index (χ1) is 10.0. The van der Waals surface area contributed by atoms with Gasteiger partial charge in [-0.05, 0) is 44.0 Å². The van der Waals surface area contributed by atoms with Crippen LogP contribution in [0, 0.1) is 0 Å². The van der Waals surface area contributed by atoms with Crippen LogP contribution in [0.2, 0.25) is 5.02 Å². The molecular formula is C15H18ClN3O2. The molecule has 3 rings (SSSR count). The molecule has 1 N–H and O–H groups in total. The molecule has 0 radical (unpaired) electrons. The van der Waals surface area contributed by atoms with Crippen molar-refractivity contribution in [3.05, 3.63) is 35.2 Å². The number of hydrogen-bond donors (Lipinski definition) is 1. The third kappa shape index (κ3) is 3.61. The van der Waals surface area contributed by atoms with Crippen molar-refractivity contribution in [1.82, 2.24) is 15.0 Å². The molecule has 5 nitrogen and oxygen atoms in total. The molecule has 1 saturated heterocycles. The summed E-state index contributed by atoms with van der Waals surface area (Å²) in [6.45, 7) is 4.18. The van der Waals surface area contributed by atoms with Crippen LogP contribution in [0.25, 0.3) is 11.4 Å². The summed E-state index contributed by atoms with van der Waals surface area (Å²) in [5.74, 6) is 1.17. The van der Waals surface area contributed by atoms with Crippen molar-refractivity contribution in [3.8, 4) is 11.4 Å². The molecule has 1 aromatic heterocycles. The first-order valence-electron chi connectivity index (χ1n) is 7.05. The summed E-state index contributed by atoms with van der Waals surface area (Å²) in [4.78, 5) is 6.63. The average Bonchev–Trinajstić information content (AvgIpc) is 2.91. The molecule has 1 aromatic carbocycles. The van der Waals surface area contributed by atoms with Gasteiger partial charge < -0.3 is 9.63 Å². The Morgan fingerprint density at radius 1 is 1.29 bits per heavy atom. The predicted molar refractivity (Wildman–Crippen MR) is 79.9 cm³/mol. The largest absolute Gasteiger partial charge is 0.390 e. The van der Waals surface area contributed by atoms with E-state index < -0.39 is 5.60 Å². The maximum absolute atomic E-state index is 9.94. The molecule has 0 unspecified atom stereocenters. The van der Waals surface area contributed by atoms with E-state index in [4.69, 9.17) is 16.1 Å². The van der Waals surface area contributed by atoms with Gasteiger partial charge in [-0.15, -0.1) is 0 Å². The number of halogens is 1. The van der Waals surface area contributed by atoms with Crippen LogP contribution in [0.3, 0.4) is 0 Å². The first kappa shape index (κ1) is 14.5. The maximum Gasteiger partial charge on any atom is 0.241 e. The molecule has 6 heteroatoms. The topological polar surface area (TPSA) is 62.4 Å². The van der Waals surface area contributed by atoms with Crippen LogP contribution in [-0.2, 0) is 6.54 Å². The van der Waals surface area contributed by atoms with Gasteiger partial charge in [-0.3, -0.25) is 4.90 Å². The molecule has 0 bridgehead atoms. The fourth-order valence-corrected chi connectivity index (χ4v) is 2.55. The van der Waals surface area contributed by atoms with E-state index in [0.29, 0.717) is 23.3 Å². The second-order valence-electron chi connectivity index (χ2n) is 5.79. The summed E-state index contributed by atoms with van der Waals surface area (Å²) in [7, 11) is 0. The van der Waals surface area contributed by atoms with E-state index in [1.54, 1.807) is 12.1 Å². The minimum absolute atomic E-state index is 0.542. The lowest BCUT2D eigenvalue weighted by Gasteiger charge is -2.34. The Hall–Kier alpha value is -1.43. The number of benzene rings is 1. The zero-order chi connectivity index (χ0) is 14.9. The third-order valence-electron chi connectivity index (χ3n) is 3.86. The Balaban J connectivity index is 1.64. The Labute approximate surface area is 128 Å². The number of rotatable bonds is 3. The molecule has 2 heterocycles. The first-order valence-corrected chi connectivity index (χ1v) is 7.43. The smallest absolute Gasteiger partial charge is 0.241 e. The summed E-state index contributed by atoms with van der Waals surface area (Å²) >= 11 is 5.86. The minimum atomic E-state index is -0.542. The molecular weight excluding hydrogens is 290 g/mol. The van der Waals surface area contributed by atoms with E-state index in [2.05, 4.69) is 15.0 Å². The fraction of sp³-hybridized carbons (Fsp3) is 0.467. The highest BCUT2D eigenvalue weighted by Crippen LogP contribution is 2.23. The standard InChI is InChI=1S/C15H18ClN3O2/c1-15(20)6-8-19(9-7-15)10-13-17-14(18-21-13)11-2-4-12(16)5-3-11/h2-5,20H,6-10H2,1H3. The summed E-state index contributed by atoms with van der Waals surface area (Å²) in [6.07, 6.45) is 1.54. The summed E-state index contributed by atoms with van der Waals surface area (Å²) in [5, 5.41) is 14.6. The average molecular weight is 308 g/mol. The van der Waals surface area contributed by atoms with Crippen LogP contribution >= 0.6 is 11.6 Å². The Morgan fingerprint density at radius 2 is 1.95 bits per heavy atom. The highest BCUT2D eigenvalue weighted by atomic mass is 35.5. The lowest BCUT2D eigenvalue weighted by molar-refractivity contribution is -0.00944. The van der Waals surface area contributed by atoms with Gasteiger partial charge in [0.05, 0.1) is 12.1 Å². The van der Waals surface area contributed by atoms with Crippen molar-refractivity contribution >= 4 is 11.6 Å². The molecule has 0 amide bonds. The molecule has 2 aromatic rings. The molecule has 21 heavy (non-hydrogen) atoms. The molecule has 1 aliphatic heterocycles. The van der Waals surface area contributed by atoms with E-state index in [1.165, 1.54) is 0 Å². The van der Waals surface area contributed by atoms with Gasteiger partial charge in [-0.1, -0.05) is 16.8 Å². The molecule has 1 aliphatic rings. The monoisotopic (exact) mass is 307 g/mol. The highest BCUT2D eigenvalue weighted by Gasteiger charge is 2.28. The normalized spacial score (nSPS) is 18.8. The number of aliphatic hydroxyl groups is 1. The molecule has 1 fully saturated rings. The van der Waals surface area contributed by atoms with Gasteiger partial charge in [0, 0.05) is 23.7 Å². The Bertz CT molecular complexity index is 600. The predicted octanol–water partition coefficient (Wildman–Crippen LogP) is 2.74. The second kappa shape index (κ2) is 5.75. The zero-order valence-electron chi connectivity index (χ0n) is 11.9. The van der Waals surface area contributed by atoms with Gasteiger partial charge in [0.1, 0.15) is 0 Å². The van der Waals surface area contributed by atoms with Crippen LogP contribution in [0.5, 0.6) is 0 Å². The van der Waals surface area contributed by atoms with Crippen molar-refractivity contribution in [1.29, 1.82) is 0 Å². The van der Waals surface area contributed by atoms with E-state index >= 15 is 0 Å². The molecule has 0 aliphatic carbocycles. The van der Waals surface area contributed by atoms with Crippen LogP contribution < -0.4 is 0 Å². The second-order valence-corrected chi connectivity index (χ2v) is 6.23. The maximum atomic E-state index is 9.94. The van der Waals surface area contributed by atoms with Gasteiger partial charge in [-0.2, -0.15) is 4.98 Å². The van der Waals surface area contributed by atoms with Crippen molar-refractivity contribution < 1.29 is 9.63 Å². The third-order valence-corrected chi connectivity index (χ3v) is 4.11. The number of aromatic nitrogens is 2. The van der Waals surface area contributed by atoms with Gasteiger partial charge >= 0.3 is 0 Å². The molecule has 112 valence electrons. The van der Waals surface area contributed by atoms with Crippen molar-refractivity contribution in [2.75, 3.05) is 13.1 Å². The SMILES string of the molecule is CC1(O)CCN(Cc2nc(-c3ccc(Cl)cc3)no2)CC1.